The molecule has 0 saturated carbocycles. The molecule has 1 aliphatic rings. The normalized spacial score (nSPS) is 15.9. The zero-order valence-corrected chi connectivity index (χ0v) is 4.97. The van der Waals surface area contributed by atoms with E-state index in [1.54, 1.807) is 0 Å². The highest BCUT2D eigenvalue weighted by Gasteiger charge is 2.28. The molecule has 0 unspecified atom stereocenters. The molecule has 11 heavy (non-hydrogen) atoms. The second-order valence-electron chi connectivity index (χ2n) is 1.80. The van der Waals surface area contributed by atoms with Gasteiger partial charge < -0.3 is 0 Å². The molecule has 0 bridgehead atoms. The van der Waals surface area contributed by atoms with Gasteiger partial charge in [-0.05, 0) is 6.08 Å². The third kappa shape index (κ3) is 1.18. The summed E-state index contributed by atoms with van der Waals surface area (Å²) in [7, 11) is 0. The molecule has 0 radical (unpaired) electrons. The third-order valence-electron chi connectivity index (χ3n) is 1.17. The molecule has 0 aromatic heterocycles. The summed E-state index contributed by atoms with van der Waals surface area (Å²) >= 11 is 0. The first-order valence-electron chi connectivity index (χ1n) is 2.52. The van der Waals surface area contributed by atoms with E-state index in [2.05, 4.69) is 0 Å². The zero-order chi connectivity index (χ0) is 8.59. The fourth-order valence-electron chi connectivity index (χ4n) is 0.663. The van der Waals surface area contributed by atoms with Crippen LogP contribution in [0.1, 0.15) is 0 Å². The standard InChI is InChI=1S/C6HF5/c7-3-1-2(5(8)9)4(3)6(10)11/h1H. The monoisotopic (exact) mass is 168 g/mol. The number of halogens is 5. The Morgan fingerprint density at radius 1 is 1.00 bits per heavy atom. The summed E-state index contributed by atoms with van der Waals surface area (Å²) in [6.45, 7) is 0. The molecule has 1 aliphatic carbocycles. The first-order chi connectivity index (χ1) is 5.04. The highest BCUT2D eigenvalue weighted by molar-refractivity contribution is 5.61. The molecule has 0 aromatic rings. The molecule has 0 aliphatic heterocycles. The summed E-state index contributed by atoms with van der Waals surface area (Å²) in [5, 5.41) is 0. The summed E-state index contributed by atoms with van der Waals surface area (Å²) in [6, 6.07) is 0. The summed E-state index contributed by atoms with van der Waals surface area (Å²) in [5.41, 5.74) is -2.28. The van der Waals surface area contributed by atoms with Crippen molar-refractivity contribution in [3.8, 4) is 0 Å². The van der Waals surface area contributed by atoms with Gasteiger partial charge in [0.2, 0.25) is 0 Å². The van der Waals surface area contributed by atoms with Gasteiger partial charge in [-0.25, -0.2) is 4.39 Å². The van der Waals surface area contributed by atoms with E-state index in [0.29, 0.717) is 6.08 Å². The van der Waals surface area contributed by atoms with Crippen LogP contribution in [-0.4, -0.2) is 0 Å². The van der Waals surface area contributed by atoms with Crippen molar-refractivity contribution in [2.24, 2.45) is 0 Å². The van der Waals surface area contributed by atoms with Crippen LogP contribution in [0.25, 0.3) is 0 Å². The van der Waals surface area contributed by atoms with Crippen molar-refractivity contribution in [2.75, 3.05) is 0 Å². The van der Waals surface area contributed by atoms with E-state index in [0.717, 1.165) is 0 Å². The SMILES string of the molecule is FC1=CC(=C(F)F)C1=C(F)F. The highest BCUT2D eigenvalue weighted by Crippen LogP contribution is 2.39. The van der Waals surface area contributed by atoms with E-state index in [1.165, 1.54) is 0 Å². The maximum Gasteiger partial charge on any atom is 0.281 e. The minimum atomic E-state index is -2.42. The van der Waals surface area contributed by atoms with Gasteiger partial charge in [0.25, 0.3) is 12.2 Å². The molecule has 0 atom stereocenters. The van der Waals surface area contributed by atoms with Gasteiger partial charge in [-0.2, -0.15) is 17.6 Å². The minimum absolute atomic E-state index is 0.365. The van der Waals surface area contributed by atoms with E-state index in [-0.39, 0.29) is 0 Å². The molecule has 60 valence electrons. The van der Waals surface area contributed by atoms with Gasteiger partial charge in [-0.1, -0.05) is 0 Å². The van der Waals surface area contributed by atoms with E-state index in [4.69, 9.17) is 0 Å². The lowest BCUT2D eigenvalue weighted by Crippen LogP contribution is -2.02. The Kier molecular flexibility index (Phi) is 1.80. The maximum atomic E-state index is 12.0. The van der Waals surface area contributed by atoms with Gasteiger partial charge in [0, 0.05) is 0 Å². The second kappa shape index (κ2) is 2.48. The van der Waals surface area contributed by atoms with Crippen LogP contribution in [0.15, 0.2) is 35.2 Å². The quantitative estimate of drug-likeness (QED) is 0.487. The molecule has 1 rings (SSSR count). The molecule has 0 amide bonds. The Morgan fingerprint density at radius 2 is 1.55 bits per heavy atom. The van der Waals surface area contributed by atoms with Crippen molar-refractivity contribution < 1.29 is 22.0 Å². The van der Waals surface area contributed by atoms with Crippen LogP contribution in [-0.2, 0) is 0 Å². The lowest BCUT2D eigenvalue weighted by molar-refractivity contribution is 0.390. The molecular weight excluding hydrogens is 167 g/mol. The molecule has 5 heteroatoms. The summed E-state index contributed by atoms with van der Waals surface area (Å²) < 4.78 is 58.3. The van der Waals surface area contributed by atoms with Gasteiger partial charge in [-0.3, -0.25) is 0 Å². The van der Waals surface area contributed by atoms with Crippen LogP contribution in [0.4, 0.5) is 22.0 Å². The number of allylic oxidation sites excluding steroid dienone is 4. The smallest absolute Gasteiger partial charge is 0.206 e. The summed E-state index contributed by atoms with van der Waals surface area (Å²) in [6.07, 6.45) is -4.36. The van der Waals surface area contributed by atoms with Crippen LogP contribution in [0.5, 0.6) is 0 Å². The Morgan fingerprint density at radius 3 is 1.73 bits per heavy atom. The number of hydrogen-bond acceptors (Lipinski definition) is 0. The first-order valence-corrected chi connectivity index (χ1v) is 2.52. The summed E-state index contributed by atoms with van der Waals surface area (Å²) in [5.74, 6) is -1.30. The van der Waals surface area contributed by atoms with Gasteiger partial charge >= 0.3 is 0 Å². The largest absolute Gasteiger partial charge is 0.281 e. The van der Waals surface area contributed by atoms with E-state index in [9.17, 15) is 22.0 Å². The average molecular weight is 168 g/mol. The van der Waals surface area contributed by atoms with Crippen LogP contribution in [0.2, 0.25) is 0 Å². The molecular formula is C6HF5. The second-order valence-corrected chi connectivity index (χ2v) is 1.80. The predicted octanol–water partition coefficient (Wildman–Crippen LogP) is 3.15. The zero-order valence-electron chi connectivity index (χ0n) is 4.97. The van der Waals surface area contributed by atoms with Crippen LogP contribution in [0, 0.1) is 0 Å². The lowest BCUT2D eigenvalue weighted by atomic mass is 9.96. The van der Waals surface area contributed by atoms with Crippen molar-refractivity contribution in [3.63, 3.8) is 0 Å². The molecule has 0 N–H and O–H groups in total. The minimum Gasteiger partial charge on any atom is -0.206 e. The Balaban J connectivity index is 3.16. The molecule has 0 spiro atoms. The van der Waals surface area contributed by atoms with Crippen molar-refractivity contribution in [2.45, 2.75) is 0 Å². The van der Waals surface area contributed by atoms with Crippen molar-refractivity contribution in [3.05, 3.63) is 35.2 Å². The van der Waals surface area contributed by atoms with Gasteiger partial charge in [0.15, 0.2) is 0 Å². The summed E-state index contributed by atoms with van der Waals surface area (Å²) in [4.78, 5) is 0. The average Bonchev–Trinajstić information content (AvgIpc) is 1.80. The van der Waals surface area contributed by atoms with Crippen molar-refractivity contribution in [1.82, 2.24) is 0 Å². The van der Waals surface area contributed by atoms with E-state index >= 15 is 0 Å². The Labute approximate surface area is 58.3 Å². The van der Waals surface area contributed by atoms with Crippen molar-refractivity contribution >= 4 is 0 Å². The Bertz CT molecular complexity index is 275. The van der Waals surface area contributed by atoms with Gasteiger partial charge in [0.05, 0.1) is 11.1 Å². The number of hydrogen-bond donors (Lipinski definition) is 0. The molecule has 0 fully saturated rings. The fraction of sp³-hybridized carbons (Fsp3) is 0. The molecule has 0 saturated heterocycles. The highest BCUT2D eigenvalue weighted by atomic mass is 19.3. The molecule has 0 heterocycles. The van der Waals surface area contributed by atoms with Crippen molar-refractivity contribution in [1.29, 1.82) is 0 Å². The van der Waals surface area contributed by atoms with E-state index in [1.807, 2.05) is 0 Å². The fourth-order valence-corrected chi connectivity index (χ4v) is 0.663. The predicted molar refractivity (Wildman–Crippen MR) is 27.7 cm³/mol. The third-order valence-corrected chi connectivity index (χ3v) is 1.17. The molecule has 0 nitrogen and oxygen atoms in total. The van der Waals surface area contributed by atoms with E-state index < -0.39 is 29.1 Å². The van der Waals surface area contributed by atoms with Crippen LogP contribution in [0.3, 0.4) is 0 Å². The molecule has 0 aromatic carbocycles. The van der Waals surface area contributed by atoms with Crippen LogP contribution >= 0.6 is 0 Å². The number of rotatable bonds is 0. The maximum absolute atomic E-state index is 12.0. The Hall–Kier alpha value is -1.13. The van der Waals surface area contributed by atoms with Crippen LogP contribution < -0.4 is 0 Å². The van der Waals surface area contributed by atoms with Gasteiger partial charge in [-0.15, -0.1) is 0 Å². The topological polar surface area (TPSA) is 0 Å². The van der Waals surface area contributed by atoms with Gasteiger partial charge in [0.1, 0.15) is 5.83 Å². The first kappa shape index (κ1) is 7.97. The lowest BCUT2D eigenvalue weighted by Gasteiger charge is -2.12.